The van der Waals surface area contributed by atoms with Crippen LogP contribution in [-0.4, -0.2) is 41.7 Å². The zero-order chi connectivity index (χ0) is 30.5. The van der Waals surface area contributed by atoms with Crippen LogP contribution in [-0.2, 0) is 22.7 Å². The van der Waals surface area contributed by atoms with Gasteiger partial charge in [-0.05, 0) is 46.5 Å². The monoisotopic (exact) mass is 598 g/mol. The molecule has 0 bridgehead atoms. The smallest absolute Gasteiger partial charge is 0.203 e. The van der Waals surface area contributed by atoms with Gasteiger partial charge in [0.2, 0.25) is 11.5 Å². The molecule has 6 rings (SSSR count). The minimum atomic E-state index is -0.187. The second kappa shape index (κ2) is 13.5. The first-order chi connectivity index (χ1) is 21.6. The molecule has 0 aliphatic carbocycles. The second-order valence-electron chi connectivity index (χ2n) is 10.9. The lowest BCUT2D eigenvalue weighted by Crippen LogP contribution is -2.15. The van der Waals surface area contributed by atoms with E-state index in [-0.39, 0.29) is 24.0 Å². The van der Waals surface area contributed by atoms with Crippen molar-refractivity contribution < 1.29 is 37.9 Å². The highest BCUT2D eigenvalue weighted by Gasteiger charge is 2.48. The summed E-state index contributed by atoms with van der Waals surface area (Å²) in [6.45, 7) is 1.90. The molecule has 1 unspecified atom stereocenters. The molecule has 0 spiro atoms. The van der Waals surface area contributed by atoms with E-state index in [1.54, 1.807) is 28.4 Å². The first kappa shape index (κ1) is 29.7. The summed E-state index contributed by atoms with van der Waals surface area (Å²) in [5.74, 6) is 3.78. The van der Waals surface area contributed by atoms with Gasteiger partial charge in [0.25, 0.3) is 0 Å². The van der Waals surface area contributed by atoms with Gasteiger partial charge in [-0.15, -0.1) is 0 Å². The van der Waals surface area contributed by atoms with Crippen molar-refractivity contribution in [3.63, 3.8) is 0 Å². The molecule has 8 nitrogen and oxygen atoms in total. The summed E-state index contributed by atoms with van der Waals surface area (Å²) >= 11 is 0. The summed E-state index contributed by atoms with van der Waals surface area (Å²) in [6.07, 6.45) is -0.374. The molecule has 0 amide bonds. The summed E-state index contributed by atoms with van der Waals surface area (Å²) < 4.78 is 48.2. The molecular weight excluding hydrogens is 560 g/mol. The molecule has 230 valence electrons. The van der Waals surface area contributed by atoms with Crippen molar-refractivity contribution >= 4 is 0 Å². The largest absolute Gasteiger partial charge is 0.493 e. The van der Waals surface area contributed by atoms with E-state index in [2.05, 4.69) is 0 Å². The number of fused-ring (bicyclic) bond motifs is 1. The van der Waals surface area contributed by atoms with Crippen LogP contribution in [0.25, 0.3) is 0 Å². The zero-order valence-electron chi connectivity index (χ0n) is 25.5. The minimum Gasteiger partial charge on any atom is -0.493 e. The Bertz CT molecular complexity index is 1370. The number of ether oxygens (including phenoxy) is 8. The molecule has 4 atom stereocenters. The summed E-state index contributed by atoms with van der Waals surface area (Å²) in [5.41, 5.74) is 4.03. The van der Waals surface area contributed by atoms with Gasteiger partial charge in [0, 0.05) is 11.8 Å². The normalized spacial score (nSPS) is 20.5. The average Bonchev–Trinajstić information content (AvgIpc) is 3.69. The molecule has 4 aromatic carbocycles. The molecule has 44 heavy (non-hydrogen) atoms. The zero-order valence-corrected chi connectivity index (χ0v) is 25.5. The Balaban J connectivity index is 1.21. The van der Waals surface area contributed by atoms with Crippen molar-refractivity contribution in [2.75, 3.05) is 41.7 Å². The Morgan fingerprint density at radius 3 is 1.18 bits per heavy atom. The number of benzene rings is 4. The molecule has 2 saturated heterocycles. The SMILES string of the molecule is COc1cc(C2OC[C@@H]3[C@@H](c4cc(OC)c(OCc5ccccc5)c(OC)c4)OC[C@H]23)cc(OC)c1OCc1ccccc1. The van der Waals surface area contributed by atoms with Gasteiger partial charge in [-0.1, -0.05) is 60.7 Å². The van der Waals surface area contributed by atoms with Crippen LogP contribution in [0.1, 0.15) is 34.5 Å². The lowest BCUT2D eigenvalue weighted by atomic mass is 9.84. The van der Waals surface area contributed by atoms with Gasteiger partial charge in [0.1, 0.15) is 13.2 Å². The standard InChI is InChI=1S/C36H38O8/c1-37-29-15-25(16-30(38-2)35(29)41-19-23-11-7-5-8-12-23)33-27-21-44-34(28(27)22-43-33)26-17-31(39-3)36(32(18-26)40-4)42-20-24-13-9-6-10-14-24/h5-18,27-28,33-34H,19-22H2,1-4H3/t27-,28-,33+,34?/m0/s1. The molecule has 8 heteroatoms. The Labute approximate surface area is 258 Å². The third-order valence-corrected chi connectivity index (χ3v) is 8.34. The van der Waals surface area contributed by atoms with Gasteiger partial charge in [-0.25, -0.2) is 0 Å². The molecule has 0 saturated carbocycles. The van der Waals surface area contributed by atoms with Crippen molar-refractivity contribution in [1.82, 2.24) is 0 Å². The fourth-order valence-corrected chi connectivity index (χ4v) is 6.11. The van der Waals surface area contributed by atoms with E-state index in [9.17, 15) is 0 Å². The van der Waals surface area contributed by atoms with Crippen LogP contribution < -0.4 is 28.4 Å². The molecule has 2 fully saturated rings. The fraction of sp³-hybridized carbons (Fsp3) is 0.333. The molecule has 2 heterocycles. The number of hydrogen-bond acceptors (Lipinski definition) is 8. The van der Waals surface area contributed by atoms with E-state index >= 15 is 0 Å². The van der Waals surface area contributed by atoms with Gasteiger partial charge < -0.3 is 37.9 Å². The van der Waals surface area contributed by atoms with Gasteiger partial charge >= 0.3 is 0 Å². The Hall–Kier alpha value is -4.40. The summed E-state index contributed by atoms with van der Waals surface area (Å²) in [5, 5.41) is 0. The van der Waals surface area contributed by atoms with Gasteiger partial charge in [0.05, 0.1) is 53.9 Å². The summed E-state index contributed by atoms with van der Waals surface area (Å²) in [6, 6.07) is 27.9. The third kappa shape index (κ3) is 6.00. The van der Waals surface area contributed by atoms with E-state index in [0.717, 1.165) is 22.3 Å². The van der Waals surface area contributed by atoms with Gasteiger partial charge in [-0.2, -0.15) is 0 Å². The minimum absolute atomic E-state index is 0.136. The number of hydrogen-bond donors (Lipinski definition) is 0. The lowest BCUT2D eigenvalue weighted by molar-refractivity contribution is 0.0190. The number of methoxy groups -OCH3 is 4. The van der Waals surface area contributed by atoms with Crippen LogP contribution in [0.5, 0.6) is 34.5 Å². The van der Waals surface area contributed by atoms with Gasteiger partial charge in [-0.3, -0.25) is 0 Å². The Morgan fingerprint density at radius 1 is 0.523 bits per heavy atom. The Kier molecular flexibility index (Phi) is 9.09. The van der Waals surface area contributed by atoms with Crippen molar-refractivity contribution in [1.29, 1.82) is 0 Å². The van der Waals surface area contributed by atoms with Crippen LogP contribution >= 0.6 is 0 Å². The third-order valence-electron chi connectivity index (χ3n) is 8.34. The molecule has 2 aliphatic heterocycles. The van der Waals surface area contributed by atoms with E-state index < -0.39 is 0 Å². The number of rotatable bonds is 12. The predicted molar refractivity (Wildman–Crippen MR) is 165 cm³/mol. The maximum absolute atomic E-state index is 6.43. The van der Waals surface area contributed by atoms with E-state index in [4.69, 9.17) is 37.9 Å². The maximum atomic E-state index is 6.43. The first-order valence-electron chi connectivity index (χ1n) is 14.7. The topological polar surface area (TPSA) is 73.8 Å². The molecule has 4 aromatic rings. The van der Waals surface area contributed by atoms with E-state index in [1.165, 1.54) is 0 Å². The second-order valence-corrected chi connectivity index (χ2v) is 10.9. The van der Waals surface area contributed by atoms with E-state index in [1.807, 2.05) is 84.9 Å². The van der Waals surface area contributed by atoms with Crippen LogP contribution in [0.3, 0.4) is 0 Å². The fourth-order valence-electron chi connectivity index (χ4n) is 6.11. The van der Waals surface area contributed by atoms with E-state index in [0.29, 0.717) is 60.9 Å². The van der Waals surface area contributed by atoms with Gasteiger partial charge in [0.15, 0.2) is 23.0 Å². The lowest BCUT2D eigenvalue weighted by Gasteiger charge is -2.21. The highest BCUT2D eigenvalue weighted by atomic mass is 16.5. The van der Waals surface area contributed by atoms with Crippen molar-refractivity contribution in [2.24, 2.45) is 11.8 Å². The molecule has 0 N–H and O–H groups in total. The van der Waals surface area contributed by atoms with Crippen LogP contribution in [0.4, 0.5) is 0 Å². The van der Waals surface area contributed by atoms with Crippen LogP contribution in [0.15, 0.2) is 84.9 Å². The quantitative estimate of drug-likeness (QED) is 0.173. The molecular formula is C36H38O8. The average molecular weight is 599 g/mol. The summed E-state index contributed by atoms with van der Waals surface area (Å²) in [7, 11) is 6.54. The van der Waals surface area contributed by atoms with Crippen molar-refractivity contribution in [3.8, 4) is 34.5 Å². The summed E-state index contributed by atoms with van der Waals surface area (Å²) in [4.78, 5) is 0. The van der Waals surface area contributed by atoms with Crippen molar-refractivity contribution in [3.05, 3.63) is 107 Å². The highest BCUT2D eigenvalue weighted by molar-refractivity contribution is 5.56. The predicted octanol–water partition coefficient (Wildman–Crippen LogP) is 6.95. The van der Waals surface area contributed by atoms with Crippen LogP contribution in [0, 0.1) is 11.8 Å². The first-order valence-corrected chi connectivity index (χ1v) is 14.7. The molecule has 0 aromatic heterocycles. The van der Waals surface area contributed by atoms with Crippen LogP contribution in [0.2, 0.25) is 0 Å². The molecule has 2 aliphatic rings. The molecule has 0 radical (unpaired) electrons. The van der Waals surface area contributed by atoms with Crippen molar-refractivity contribution in [2.45, 2.75) is 25.4 Å². The highest BCUT2D eigenvalue weighted by Crippen LogP contribution is 2.53. The Morgan fingerprint density at radius 2 is 0.864 bits per heavy atom. The maximum Gasteiger partial charge on any atom is 0.203 e.